The van der Waals surface area contributed by atoms with Crippen molar-refractivity contribution in [3.8, 4) is 0 Å². The van der Waals surface area contributed by atoms with Gasteiger partial charge in [0.25, 0.3) is 0 Å². The summed E-state index contributed by atoms with van der Waals surface area (Å²) in [4.78, 5) is 55.8. The Balaban J connectivity index is 0.000000305. The van der Waals surface area contributed by atoms with Gasteiger partial charge < -0.3 is 20.1 Å². The molecule has 250 valence electrons. The standard InChI is InChI=1S/C18H24N2O3.C16H20N2O3.ClH2N/c1-11-13-9-12(7-8-14(21)23-17(2,3)4)10-19-15(13)20-16(22)18(11,5)6;1-5-21-13(19)7-6-11-8-12-10(2)16(3,4)15(20)18-14(12)17-9-11;1-2/h7-11H,1-6H3,(H,19,20,22);6-10H,5H2,1-4H3,(H,17,18,20);2H2/b8-7+;7-6+;. The van der Waals surface area contributed by atoms with Crippen molar-refractivity contribution in [1.29, 1.82) is 0 Å². The predicted molar refractivity (Wildman–Crippen MR) is 181 cm³/mol. The lowest BCUT2D eigenvalue weighted by molar-refractivity contribution is -0.148. The first-order valence-corrected chi connectivity index (χ1v) is 15.4. The van der Waals surface area contributed by atoms with Crippen molar-refractivity contribution in [2.24, 2.45) is 16.1 Å². The number of hydrogen-bond donors (Lipinski definition) is 3. The van der Waals surface area contributed by atoms with Crippen LogP contribution in [-0.2, 0) is 28.7 Å². The lowest BCUT2D eigenvalue weighted by Gasteiger charge is -2.36. The minimum atomic E-state index is -0.516. The van der Waals surface area contributed by atoms with Crippen LogP contribution in [0.4, 0.5) is 11.6 Å². The second-order valence-corrected chi connectivity index (χ2v) is 13.2. The van der Waals surface area contributed by atoms with Gasteiger partial charge in [0.2, 0.25) is 11.8 Å². The molecule has 0 aliphatic carbocycles. The Labute approximate surface area is 276 Å². The molecule has 4 rings (SSSR count). The highest BCUT2D eigenvalue weighted by molar-refractivity contribution is 6.11. The van der Waals surface area contributed by atoms with Crippen LogP contribution >= 0.6 is 11.8 Å². The van der Waals surface area contributed by atoms with E-state index in [0.29, 0.717) is 18.2 Å². The Morgan fingerprint density at radius 3 is 1.61 bits per heavy atom. The van der Waals surface area contributed by atoms with E-state index >= 15 is 0 Å². The zero-order valence-electron chi connectivity index (χ0n) is 28.3. The number of nitrogens with one attached hydrogen (secondary N) is 2. The largest absolute Gasteiger partial charge is 0.463 e. The van der Waals surface area contributed by atoms with Crippen LogP contribution < -0.4 is 15.9 Å². The van der Waals surface area contributed by atoms with E-state index in [1.54, 1.807) is 31.5 Å². The van der Waals surface area contributed by atoms with Gasteiger partial charge in [0.1, 0.15) is 17.2 Å². The normalized spacial score (nSPS) is 19.3. The van der Waals surface area contributed by atoms with Crippen molar-refractivity contribution in [3.05, 3.63) is 58.9 Å². The Kier molecular flexibility index (Phi) is 12.8. The van der Waals surface area contributed by atoms with Crippen LogP contribution in [0.3, 0.4) is 0 Å². The molecule has 2 aromatic heterocycles. The number of aromatic nitrogens is 2. The fourth-order valence-corrected chi connectivity index (χ4v) is 4.61. The van der Waals surface area contributed by atoms with Gasteiger partial charge in [-0.15, -0.1) is 0 Å². The monoisotopic (exact) mass is 655 g/mol. The second kappa shape index (κ2) is 15.5. The maximum Gasteiger partial charge on any atom is 0.331 e. The third-order valence-electron chi connectivity index (χ3n) is 8.13. The van der Waals surface area contributed by atoms with E-state index in [2.05, 4.69) is 37.6 Å². The summed E-state index contributed by atoms with van der Waals surface area (Å²) in [5.74, 6) is 0.454. The quantitative estimate of drug-likeness (QED) is 0.189. The number of esters is 2. The molecule has 11 nitrogen and oxygen atoms in total. The molecule has 0 bridgehead atoms. The average Bonchev–Trinajstić information content (AvgIpc) is 2.98. The van der Waals surface area contributed by atoms with E-state index in [0.717, 1.165) is 22.3 Å². The molecule has 4 N–H and O–H groups in total. The summed E-state index contributed by atoms with van der Waals surface area (Å²) in [5, 5.41) is 9.64. The number of nitrogens with two attached hydrogens (primary N) is 1. The Morgan fingerprint density at radius 2 is 1.24 bits per heavy atom. The lowest BCUT2D eigenvalue weighted by atomic mass is 9.73. The molecular weight excluding hydrogens is 610 g/mol. The van der Waals surface area contributed by atoms with Crippen molar-refractivity contribution in [1.82, 2.24) is 9.97 Å². The SMILES string of the molecule is CC1c2cc(/C=C/C(=O)OC(C)(C)C)cnc2NC(=O)C1(C)C.CCOC(=O)/C=C/c1cnc2c(c1)C(C)C(C)(C)C(=O)N2.NCl. The van der Waals surface area contributed by atoms with Crippen LogP contribution in [-0.4, -0.2) is 45.9 Å². The number of halogens is 1. The number of carbonyl (C=O) groups is 4. The molecule has 12 heteroatoms. The third-order valence-corrected chi connectivity index (χ3v) is 8.13. The van der Waals surface area contributed by atoms with Crippen LogP contribution in [0.5, 0.6) is 0 Å². The second-order valence-electron chi connectivity index (χ2n) is 13.2. The lowest BCUT2D eigenvalue weighted by Crippen LogP contribution is -2.40. The maximum atomic E-state index is 12.1. The molecule has 0 saturated heterocycles. The number of fused-ring (bicyclic) bond motifs is 2. The van der Waals surface area contributed by atoms with Crippen LogP contribution in [0.25, 0.3) is 12.2 Å². The summed E-state index contributed by atoms with van der Waals surface area (Å²) in [7, 11) is 0. The smallest absolute Gasteiger partial charge is 0.331 e. The molecule has 2 amide bonds. The van der Waals surface area contributed by atoms with Crippen LogP contribution in [0.15, 0.2) is 36.7 Å². The van der Waals surface area contributed by atoms with E-state index in [1.165, 1.54) is 12.2 Å². The molecule has 2 aliphatic rings. The number of rotatable bonds is 5. The van der Waals surface area contributed by atoms with E-state index in [1.807, 2.05) is 74.4 Å². The number of carbonyl (C=O) groups excluding carboxylic acids is 4. The van der Waals surface area contributed by atoms with Gasteiger partial charge in [0.15, 0.2) is 0 Å². The number of nitrogens with zero attached hydrogens (tertiary/aromatic N) is 2. The van der Waals surface area contributed by atoms with Crippen molar-refractivity contribution in [2.75, 3.05) is 17.2 Å². The van der Waals surface area contributed by atoms with E-state index in [9.17, 15) is 19.2 Å². The first-order valence-electron chi connectivity index (χ1n) is 15.0. The summed E-state index contributed by atoms with van der Waals surface area (Å²) in [6.45, 7) is 19.3. The van der Waals surface area contributed by atoms with Gasteiger partial charge in [-0.05, 0) is 97.8 Å². The van der Waals surface area contributed by atoms with Gasteiger partial charge in [0.05, 0.1) is 17.4 Å². The number of anilines is 2. The van der Waals surface area contributed by atoms with Crippen molar-refractivity contribution < 1.29 is 28.7 Å². The molecule has 2 unspecified atom stereocenters. The zero-order valence-corrected chi connectivity index (χ0v) is 29.0. The van der Waals surface area contributed by atoms with Crippen molar-refractivity contribution >= 4 is 59.3 Å². The molecule has 0 saturated carbocycles. The van der Waals surface area contributed by atoms with Crippen molar-refractivity contribution in [2.45, 2.75) is 86.7 Å². The third kappa shape index (κ3) is 9.46. The minimum Gasteiger partial charge on any atom is -0.463 e. The first kappa shape index (κ1) is 38.1. The highest BCUT2D eigenvalue weighted by Crippen LogP contribution is 2.44. The first-order chi connectivity index (χ1) is 21.4. The number of pyridine rings is 2. The Bertz CT molecular complexity index is 1510. The van der Waals surface area contributed by atoms with E-state index < -0.39 is 22.4 Å². The fraction of sp³-hybridized carbons (Fsp3) is 0.471. The van der Waals surface area contributed by atoms with Gasteiger partial charge in [-0.3, -0.25) is 9.59 Å². The van der Waals surface area contributed by atoms with Gasteiger partial charge in [-0.1, -0.05) is 41.5 Å². The molecule has 2 atom stereocenters. The Hall–Kier alpha value is -4.09. The number of ether oxygens (including phenoxy) is 2. The van der Waals surface area contributed by atoms with Gasteiger partial charge in [0, 0.05) is 24.5 Å². The summed E-state index contributed by atoms with van der Waals surface area (Å²) < 4.78 is 10.1. The molecular formula is C34H46ClN5O6. The van der Waals surface area contributed by atoms with Crippen LogP contribution in [0.2, 0.25) is 0 Å². The zero-order chi connectivity index (χ0) is 35.0. The van der Waals surface area contributed by atoms with Gasteiger partial charge in [-0.25, -0.2) is 24.8 Å². The van der Waals surface area contributed by atoms with Gasteiger partial charge in [-0.2, -0.15) is 0 Å². The molecule has 4 heterocycles. The molecule has 0 spiro atoms. The summed E-state index contributed by atoms with van der Waals surface area (Å²) >= 11 is 4.14. The summed E-state index contributed by atoms with van der Waals surface area (Å²) in [6, 6.07) is 3.90. The molecule has 2 aromatic rings. The highest BCUT2D eigenvalue weighted by atomic mass is 35.5. The molecule has 0 radical (unpaired) electrons. The average molecular weight is 656 g/mol. The van der Waals surface area contributed by atoms with Crippen LogP contribution in [0.1, 0.15) is 103 Å². The molecule has 2 aliphatic heterocycles. The Morgan fingerprint density at radius 1 is 0.848 bits per heavy atom. The summed E-state index contributed by atoms with van der Waals surface area (Å²) in [5.41, 5.74) is 2.05. The van der Waals surface area contributed by atoms with Gasteiger partial charge >= 0.3 is 11.9 Å². The fourth-order valence-electron chi connectivity index (χ4n) is 4.61. The van der Waals surface area contributed by atoms with E-state index in [-0.39, 0.29) is 29.6 Å². The van der Waals surface area contributed by atoms with E-state index in [4.69, 9.17) is 9.47 Å². The molecule has 0 aromatic carbocycles. The topological polar surface area (TPSA) is 163 Å². The minimum absolute atomic E-state index is 0.0233. The maximum absolute atomic E-state index is 12.1. The van der Waals surface area contributed by atoms with Crippen LogP contribution in [0, 0.1) is 10.8 Å². The highest BCUT2D eigenvalue weighted by Gasteiger charge is 2.41. The molecule has 46 heavy (non-hydrogen) atoms. The number of hydrogen-bond acceptors (Lipinski definition) is 9. The van der Waals surface area contributed by atoms with Crippen molar-refractivity contribution in [3.63, 3.8) is 0 Å². The summed E-state index contributed by atoms with van der Waals surface area (Å²) in [6.07, 6.45) is 9.37. The predicted octanol–water partition coefficient (Wildman–Crippen LogP) is 6.36. The molecule has 0 fully saturated rings. The number of amides is 2.